The summed E-state index contributed by atoms with van der Waals surface area (Å²) >= 11 is 2.12. The summed E-state index contributed by atoms with van der Waals surface area (Å²) in [7, 11) is 0. The van der Waals surface area contributed by atoms with Crippen LogP contribution in [0, 0.1) is 10.5 Å². The Hall–Kier alpha value is -3.93. The lowest BCUT2D eigenvalue weighted by molar-refractivity contribution is -0.149. The van der Waals surface area contributed by atoms with Gasteiger partial charge in [-0.05, 0) is 116 Å². The van der Waals surface area contributed by atoms with Crippen molar-refractivity contribution in [1.29, 1.82) is 0 Å². The molecule has 0 bridgehead atoms. The highest BCUT2D eigenvalue weighted by Crippen LogP contribution is 2.35. The van der Waals surface area contributed by atoms with Gasteiger partial charge >= 0.3 is 5.97 Å². The van der Waals surface area contributed by atoms with Crippen molar-refractivity contribution in [1.82, 2.24) is 9.66 Å². The van der Waals surface area contributed by atoms with Crippen LogP contribution < -0.4 is 19.8 Å². The number of esters is 1. The van der Waals surface area contributed by atoms with Crippen molar-refractivity contribution < 1.29 is 23.7 Å². The molecular formula is C34H38IN3O6. The van der Waals surface area contributed by atoms with Crippen molar-refractivity contribution in [2.75, 3.05) is 19.8 Å². The van der Waals surface area contributed by atoms with Gasteiger partial charge in [-0.1, -0.05) is 26.0 Å². The smallest absolute Gasteiger partial charge is 0.344 e. The fourth-order valence-electron chi connectivity index (χ4n) is 4.69. The minimum atomic E-state index is -0.468. The van der Waals surface area contributed by atoms with Crippen LogP contribution in [-0.4, -0.2) is 47.8 Å². The number of halogens is 1. The van der Waals surface area contributed by atoms with Gasteiger partial charge in [0, 0.05) is 5.56 Å². The summed E-state index contributed by atoms with van der Waals surface area (Å²) in [6.07, 6.45) is 1.35. The topological polar surface area (TPSA) is 101 Å². The molecule has 9 nitrogen and oxygen atoms in total. The molecule has 0 saturated carbocycles. The standard InChI is InChI=1S/C34H38IN3O6/c1-8-41-29-14-22(7)26(17-25(29)20(3)4)33-37-28-13-11-10-12-24(28)34(40)38(33)36-18-23-15-27(35)32(30(16-23)42-9-2)43-19-31(39)44-21(5)6/h10-18,20-21H,8-9,19H2,1-7H3. The average Bonchev–Trinajstić information content (AvgIpc) is 2.96. The Kier molecular flexibility index (Phi) is 11.0. The number of carbonyl (C=O) groups excluding carboxylic acids is 1. The van der Waals surface area contributed by atoms with E-state index < -0.39 is 5.97 Å². The fraction of sp³-hybridized carbons (Fsp3) is 0.353. The monoisotopic (exact) mass is 711 g/mol. The first kappa shape index (κ1) is 33.0. The van der Waals surface area contributed by atoms with Crippen LogP contribution >= 0.6 is 22.6 Å². The molecular weight excluding hydrogens is 673 g/mol. The number of benzene rings is 3. The number of ether oxygens (including phenoxy) is 4. The molecule has 0 aliphatic carbocycles. The van der Waals surface area contributed by atoms with Gasteiger partial charge in [-0.25, -0.2) is 9.78 Å². The van der Waals surface area contributed by atoms with E-state index in [2.05, 4.69) is 41.5 Å². The number of fused-ring (bicyclic) bond motifs is 1. The van der Waals surface area contributed by atoms with E-state index in [1.54, 1.807) is 32.2 Å². The van der Waals surface area contributed by atoms with Crippen molar-refractivity contribution in [2.24, 2.45) is 5.10 Å². The molecule has 0 amide bonds. The molecule has 0 N–H and O–H groups in total. The number of para-hydroxylation sites is 1. The molecule has 4 aromatic rings. The summed E-state index contributed by atoms with van der Waals surface area (Å²) < 4.78 is 24.8. The average molecular weight is 712 g/mol. The SMILES string of the molecule is CCOc1cc(C)c(-c2nc3ccccc3c(=O)n2N=Cc2cc(I)c(OCC(=O)OC(C)C)c(OCC)c2)cc1C(C)C. The molecule has 1 aromatic heterocycles. The lowest BCUT2D eigenvalue weighted by Gasteiger charge is -2.18. The third kappa shape index (κ3) is 7.58. The molecule has 0 saturated heterocycles. The Labute approximate surface area is 271 Å². The van der Waals surface area contributed by atoms with Crippen LogP contribution in [0.2, 0.25) is 0 Å². The first-order chi connectivity index (χ1) is 21.0. The second-order valence-corrected chi connectivity index (χ2v) is 11.9. The molecule has 232 valence electrons. The molecule has 10 heteroatoms. The summed E-state index contributed by atoms with van der Waals surface area (Å²) in [5, 5.41) is 5.13. The Balaban J connectivity index is 1.83. The molecule has 4 rings (SSSR count). The minimum absolute atomic E-state index is 0.187. The second kappa shape index (κ2) is 14.7. The first-order valence-electron chi connectivity index (χ1n) is 14.7. The summed E-state index contributed by atoms with van der Waals surface area (Å²) in [6, 6.07) is 14.9. The van der Waals surface area contributed by atoms with Gasteiger partial charge in [0.25, 0.3) is 5.56 Å². The molecule has 0 aliphatic rings. The maximum absolute atomic E-state index is 13.9. The van der Waals surface area contributed by atoms with E-state index in [4.69, 9.17) is 23.9 Å². The number of aromatic nitrogens is 2. The van der Waals surface area contributed by atoms with Crippen LogP contribution in [0.3, 0.4) is 0 Å². The molecule has 3 aromatic carbocycles. The predicted molar refractivity (Wildman–Crippen MR) is 181 cm³/mol. The van der Waals surface area contributed by atoms with Crippen LogP contribution in [0.4, 0.5) is 0 Å². The largest absolute Gasteiger partial charge is 0.494 e. The number of hydrogen-bond donors (Lipinski definition) is 0. The zero-order chi connectivity index (χ0) is 32.0. The number of nitrogens with zero attached hydrogens (tertiary/aromatic N) is 3. The highest BCUT2D eigenvalue weighted by molar-refractivity contribution is 14.1. The molecule has 1 heterocycles. The molecule has 0 radical (unpaired) electrons. The second-order valence-electron chi connectivity index (χ2n) is 10.7. The number of carbonyl (C=O) groups is 1. The van der Waals surface area contributed by atoms with Crippen molar-refractivity contribution in [3.05, 3.63) is 79.1 Å². The van der Waals surface area contributed by atoms with Gasteiger partial charge in [-0.3, -0.25) is 4.79 Å². The predicted octanol–water partition coefficient (Wildman–Crippen LogP) is 7.11. The number of rotatable bonds is 12. The van der Waals surface area contributed by atoms with Crippen LogP contribution in [0.15, 0.2) is 58.4 Å². The van der Waals surface area contributed by atoms with Gasteiger partial charge in [0.15, 0.2) is 23.9 Å². The zero-order valence-corrected chi connectivity index (χ0v) is 28.3. The van der Waals surface area contributed by atoms with Gasteiger partial charge in [0.1, 0.15) is 5.75 Å². The van der Waals surface area contributed by atoms with E-state index in [0.717, 1.165) is 22.4 Å². The molecule has 0 fully saturated rings. The van der Waals surface area contributed by atoms with Gasteiger partial charge in [-0.2, -0.15) is 9.78 Å². The van der Waals surface area contributed by atoms with Crippen LogP contribution in [0.5, 0.6) is 17.2 Å². The fourth-order valence-corrected chi connectivity index (χ4v) is 5.47. The van der Waals surface area contributed by atoms with E-state index in [9.17, 15) is 9.59 Å². The van der Waals surface area contributed by atoms with E-state index in [0.29, 0.717) is 50.6 Å². The van der Waals surface area contributed by atoms with Gasteiger partial charge < -0.3 is 18.9 Å². The highest BCUT2D eigenvalue weighted by atomic mass is 127. The molecule has 44 heavy (non-hydrogen) atoms. The maximum atomic E-state index is 13.9. The quantitative estimate of drug-likeness (QED) is 0.0878. The lowest BCUT2D eigenvalue weighted by Crippen LogP contribution is -2.21. The number of hydrogen-bond acceptors (Lipinski definition) is 8. The third-order valence-electron chi connectivity index (χ3n) is 6.63. The van der Waals surface area contributed by atoms with E-state index in [-0.39, 0.29) is 24.2 Å². The van der Waals surface area contributed by atoms with Crippen molar-refractivity contribution in [3.8, 4) is 28.6 Å². The zero-order valence-electron chi connectivity index (χ0n) is 26.1. The first-order valence-corrected chi connectivity index (χ1v) is 15.7. The molecule has 0 unspecified atom stereocenters. The molecule has 0 aliphatic heterocycles. The van der Waals surface area contributed by atoms with Crippen LogP contribution in [0.25, 0.3) is 22.3 Å². The Morgan fingerprint density at radius 1 is 1.00 bits per heavy atom. The Bertz CT molecular complexity index is 1750. The number of aryl methyl sites for hydroxylation is 1. The van der Waals surface area contributed by atoms with Crippen LogP contribution in [0.1, 0.15) is 64.2 Å². The summed E-state index contributed by atoms with van der Waals surface area (Å²) in [5.74, 6) is 1.85. The molecule has 0 atom stereocenters. The van der Waals surface area contributed by atoms with Crippen molar-refractivity contribution in [3.63, 3.8) is 0 Å². The van der Waals surface area contributed by atoms with E-state index in [1.807, 2.05) is 57.2 Å². The normalized spacial score (nSPS) is 11.5. The van der Waals surface area contributed by atoms with Gasteiger partial charge in [0.05, 0.1) is 40.0 Å². The third-order valence-corrected chi connectivity index (χ3v) is 7.43. The van der Waals surface area contributed by atoms with Crippen molar-refractivity contribution in [2.45, 2.75) is 60.5 Å². The Morgan fingerprint density at radius 3 is 2.39 bits per heavy atom. The lowest BCUT2D eigenvalue weighted by atomic mass is 9.96. The molecule has 0 spiro atoms. The van der Waals surface area contributed by atoms with E-state index in [1.165, 1.54) is 4.68 Å². The highest BCUT2D eigenvalue weighted by Gasteiger charge is 2.19. The summed E-state index contributed by atoms with van der Waals surface area (Å²) in [4.78, 5) is 30.9. The Morgan fingerprint density at radius 2 is 1.70 bits per heavy atom. The minimum Gasteiger partial charge on any atom is -0.494 e. The van der Waals surface area contributed by atoms with Gasteiger partial charge in [0.2, 0.25) is 0 Å². The summed E-state index contributed by atoms with van der Waals surface area (Å²) in [5.41, 5.74) is 3.70. The van der Waals surface area contributed by atoms with Gasteiger partial charge in [-0.15, -0.1) is 0 Å². The van der Waals surface area contributed by atoms with Crippen LogP contribution in [-0.2, 0) is 9.53 Å². The van der Waals surface area contributed by atoms with E-state index >= 15 is 0 Å². The maximum Gasteiger partial charge on any atom is 0.344 e. The summed E-state index contributed by atoms with van der Waals surface area (Å²) in [6.45, 7) is 14.3. The van der Waals surface area contributed by atoms with Crippen molar-refractivity contribution >= 4 is 45.7 Å².